The third-order valence-corrected chi connectivity index (χ3v) is 9.47. The van der Waals surface area contributed by atoms with Crippen molar-refractivity contribution in [1.82, 2.24) is 15.0 Å². The summed E-state index contributed by atoms with van der Waals surface area (Å²) in [4.78, 5) is 14.2. The second-order valence-corrected chi connectivity index (χ2v) is 12.4. The van der Waals surface area contributed by atoms with Crippen molar-refractivity contribution in [3.05, 3.63) is 163 Å². The Balaban J connectivity index is 1.26. The highest BCUT2D eigenvalue weighted by Crippen LogP contribution is 2.40. The average Bonchev–Trinajstić information content (AvgIpc) is 3.92. The quantitative estimate of drug-likeness (QED) is 0.183. The van der Waals surface area contributed by atoms with Crippen LogP contribution in [0.2, 0.25) is 0 Å². The van der Waals surface area contributed by atoms with E-state index in [2.05, 4.69) is 11.1 Å². The molecule has 3 heterocycles. The van der Waals surface area contributed by atoms with Crippen molar-refractivity contribution in [2.75, 3.05) is 0 Å². The van der Waals surface area contributed by atoms with Gasteiger partial charge in [-0.3, -0.25) is 0 Å². The number of hydrogen-bond acceptors (Lipinski definition) is 5. The van der Waals surface area contributed by atoms with Gasteiger partial charge in [0.05, 0.1) is 19.2 Å². The fourth-order valence-corrected chi connectivity index (χ4v) is 7.01. The van der Waals surface area contributed by atoms with Crippen LogP contribution in [0.4, 0.5) is 0 Å². The molecule has 234 valence electrons. The molecule has 0 aliphatic heterocycles. The molecule has 7 aromatic carbocycles. The van der Waals surface area contributed by atoms with Gasteiger partial charge in [0.2, 0.25) is 0 Å². The van der Waals surface area contributed by atoms with Crippen LogP contribution in [-0.2, 0) is 0 Å². The molecule has 10 rings (SSSR count). The Labute approximate surface area is 311 Å². The molecule has 0 aliphatic carbocycles. The van der Waals surface area contributed by atoms with E-state index in [0.29, 0.717) is 5.56 Å². The molecular formula is C45H27N3OS. The highest BCUT2D eigenvalue weighted by molar-refractivity contribution is 7.26. The van der Waals surface area contributed by atoms with Crippen LogP contribution in [0.15, 0.2) is 168 Å². The summed E-state index contributed by atoms with van der Waals surface area (Å²) in [5.74, 6) is -0.609. The molecule has 0 atom stereocenters. The smallest absolute Gasteiger partial charge is 0.165 e. The van der Waals surface area contributed by atoms with Gasteiger partial charge < -0.3 is 4.42 Å². The highest BCUT2D eigenvalue weighted by Gasteiger charge is 2.18. The molecule has 0 radical (unpaired) electrons. The van der Waals surface area contributed by atoms with E-state index >= 15 is 0 Å². The van der Waals surface area contributed by atoms with Gasteiger partial charge in [-0.05, 0) is 64.6 Å². The van der Waals surface area contributed by atoms with Gasteiger partial charge in [-0.1, -0.05) is 121 Å². The molecule has 0 unspecified atom stereocenters. The zero-order valence-electron chi connectivity index (χ0n) is 39.7. The Kier molecular flexibility index (Phi) is 4.14. The van der Waals surface area contributed by atoms with E-state index in [4.69, 9.17) is 30.8 Å². The molecule has 4 nitrogen and oxygen atoms in total. The van der Waals surface area contributed by atoms with Crippen molar-refractivity contribution >= 4 is 53.4 Å². The van der Waals surface area contributed by atoms with Gasteiger partial charge >= 0.3 is 0 Å². The molecule has 0 aliphatic rings. The average molecular weight is 672 g/mol. The van der Waals surface area contributed by atoms with Crippen LogP contribution in [-0.4, -0.2) is 15.0 Å². The summed E-state index contributed by atoms with van der Waals surface area (Å²) in [5.41, 5.74) is 3.19. The summed E-state index contributed by atoms with van der Waals surface area (Å²) < 4.78 is 128. The Morgan fingerprint density at radius 3 is 1.94 bits per heavy atom. The number of fused-ring (bicyclic) bond motifs is 6. The fourth-order valence-electron chi connectivity index (χ4n) is 5.95. The molecular weight excluding hydrogens is 631 g/mol. The topological polar surface area (TPSA) is 51.8 Å². The van der Waals surface area contributed by atoms with Crippen molar-refractivity contribution in [2.24, 2.45) is 0 Å². The molecule has 10 aromatic rings. The Morgan fingerprint density at radius 1 is 0.460 bits per heavy atom. The zero-order valence-corrected chi connectivity index (χ0v) is 26.5. The summed E-state index contributed by atoms with van der Waals surface area (Å²) in [7, 11) is 0. The van der Waals surface area contributed by atoms with Crippen molar-refractivity contribution in [3.63, 3.8) is 0 Å². The largest absolute Gasteiger partial charge is 0.456 e. The predicted octanol–water partition coefficient (Wildman–Crippen LogP) is 12.5. The summed E-state index contributed by atoms with van der Waals surface area (Å²) in [6.45, 7) is 0. The second-order valence-electron chi connectivity index (χ2n) is 11.4. The SMILES string of the molecule is [2H]c1c([2H])c([2H])c2c(oc3c([2H])c([2H])c(-c4nc(-c5ccc(-c6cccc(-c7ccccc7)c6)cc5)nc(-c5c([2H])c([2H])c([2H])c6c5sc5c([2H])c([2H])c([2H])c([2H])c56)n4)c([2H])c32)c1[2H]. The van der Waals surface area contributed by atoms with Gasteiger partial charge in [0.15, 0.2) is 17.5 Å². The zero-order chi connectivity index (χ0) is 45.2. The fraction of sp³-hybridized carbons (Fsp3) is 0. The van der Waals surface area contributed by atoms with Gasteiger partial charge in [0.25, 0.3) is 0 Å². The highest BCUT2D eigenvalue weighted by atomic mass is 32.1. The van der Waals surface area contributed by atoms with Gasteiger partial charge in [-0.2, -0.15) is 0 Å². The van der Waals surface area contributed by atoms with E-state index in [9.17, 15) is 2.74 Å². The minimum absolute atomic E-state index is 0.00485. The van der Waals surface area contributed by atoms with Crippen LogP contribution in [0.3, 0.4) is 0 Å². The summed E-state index contributed by atoms with van der Waals surface area (Å²) in [6.07, 6.45) is 0. The maximum Gasteiger partial charge on any atom is 0.165 e. The third kappa shape index (κ3) is 4.87. The number of rotatable bonds is 5. The molecule has 0 fully saturated rings. The van der Waals surface area contributed by atoms with E-state index in [1.54, 1.807) is 12.1 Å². The molecule has 3 aromatic heterocycles. The van der Waals surface area contributed by atoms with Gasteiger partial charge in [-0.15, -0.1) is 11.3 Å². The normalized spacial score (nSPS) is 15.5. The molecule has 0 bridgehead atoms. The lowest BCUT2D eigenvalue weighted by Gasteiger charge is -2.10. The van der Waals surface area contributed by atoms with Crippen molar-refractivity contribution < 1.29 is 23.6 Å². The molecule has 50 heavy (non-hydrogen) atoms. The maximum atomic E-state index is 9.47. The van der Waals surface area contributed by atoms with Crippen LogP contribution >= 0.6 is 11.3 Å². The van der Waals surface area contributed by atoms with Crippen molar-refractivity contribution in [3.8, 4) is 56.4 Å². The number of hydrogen-bond donors (Lipinski definition) is 0. The maximum absolute atomic E-state index is 9.47. The lowest BCUT2D eigenvalue weighted by atomic mass is 9.98. The summed E-state index contributed by atoms with van der Waals surface area (Å²) >= 11 is 0.882. The molecule has 5 heteroatoms. The molecule has 0 N–H and O–H groups in total. The van der Waals surface area contributed by atoms with Crippen LogP contribution in [0.1, 0.15) is 19.2 Å². The Morgan fingerprint density at radius 2 is 1.10 bits per heavy atom. The van der Waals surface area contributed by atoms with Gasteiger partial charge in [0.1, 0.15) is 11.2 Å². The van der Waals surface area contributed by atoms with Crippen molar-refractivity contribution in [2.45, 2.75) is 0 Å². The summed E-state index contributed by atoms with van der Waals surface area (Å²) in [6, 6.07) is 17.9. The van der Waals surface area contributed by atoms with Crippen molar-refractivity contribution in [1.29, 1.82) is 0 Å². The second kappa shape index (κ2) is 11.6. The number of furan rings is 1. The number of para-hydroxylation sites is 1. The van der Waals surface area contributed by atoms with E-state index in [0.717, 1.165) is 33.6 Å². The van der Waals surface area contributed by atoms with Crippen LogP contribution in [0.25, 0.3) is 98.5 Å². The van der Waals surface area contributed by atoms with Gasteiger partial charge in [0, 0.05) is 47.6 Å². The predicted molar refractivity (Wildman–Crippen MR) is 207 cm³/mol. The van der Waals surface area contributed by atoms with E-state index < -0.39 is 78.6 Å². The van der Waals surface area contributed by atoms with E-state index in [1.807, 2.05) is 60.7 Å². The monoisotopic (exact) mass is 671 g/mol. The lowest BCUT2D eigenvalue weighted by Crippen LogP contribution is -2.00. The van der Waals surface area contributed by atoms with Gasteiger partial charge in [-0.25, -0.2) is 15.0 Å². The molecule has 0 spiro atoms. The first-order valence-corrected chi connectivity index (χ1v) is 16.3. The molecule has 0 amide bonds. The minimum Gasteiger partial charge on any atom is -0.456 e. The lowest BCUT2D eigenvalue weighted by molar-refractivity contribution is 0.669. The molecule has 0 saturated heterocycles. The standard InChI is InChI=1S/C45H27N3OS/c1-2-10-28(11-3-1)31-12-8-13-32(26-31)29-20-22-30(23-21-29)43-46-44(33-24-25-40-38(27-33)34-14-4-6-18-39(34)49-40)48-45(47-43)37-17-9-16-36-35-15-5-7-19-41(35)50-42(36)37/h1-27H/i4D,5D,6D,7D,9D,14D,15D,16D,17D,18D,19D,24D,25D,27D. The van der Waals surface area contributed by atoms with Crippen LogP contribution in [0, 0.1) is 0 Å². The number of aromatic nitrogens is 3. The third-order valence-electron chi connectivity index (χ3n) is 8.35. The molecule has 0 saturated carbocycles. The van der Waals surface area contributed by atoms with E-state index in [-0.39, 0.29) is 76.8 Å². The first-order valence-electron chi connectivity index (χ1n) is 22.5. The number of thiophene rings is 1. The summed E-state index contributed by atoms with van der Waals surface area (Å²) in [5, 5.41) is -0.362. The first-order chi connectivity index (χ1) is 30.6. The van der Waals surface area contributed by atoms with Crippen LogP contribution < -0.4 is 0 Å². The Bertz CT molecular complexity index is 3670. The number of benzene rings is 7. The van der Waals surface area contributed by atoms with Crippen LogP contribution in [0.5, 0.6) is 0 Å². The number of nitrogens with zero attached hydrogens (tertiary/aromatic N) is 3. The Hall–Kier alpha value is -6.43. The first kappa shape index (κ1) is 17.8. The van der Waals surface area contributed by atoms with E-state index in [1.165, 1.54) is 0 Å². The minimum atomic E-state index is -0.594.